The molecule has 1 N–H and O–H groups in total. The minimum Gasteiger partial charge on any atom is -0.371 e. The van der Waals surface area contributed by atoms with Gasteiger partial charge >= 0.3 is 4.70 Å². The summed E-state index contributed by atoms with van der Waals surface area (Å²) in [6.45, 7) is 2.73. The van der Waals surface area contributed by atoms with Crippen LogP contribution in [0.5, 0.6) is 0 Å². The number of rotatable bonds is 1. The zero-order valence-electron chi connectivity index (χ0n) is 8.66. The number of ether oxygens (including phenoxy) is 1. The summed E-state index contributed by atoms with van der Waals surface area (Å²) in [4.78, 5) is 8.98. The highest BCUT2D eigenvalue weighted by Crippen LogP contribution is 2.17. The third-order valence-electron chi connectivity index (χ3n) is 2.10. The van der Waals surface area contributed by atoms with E-state index in [0.29, 0.717) is 0 Å². The summed E-state index contributed by atoms with van der Waals surface area (Å²) in [5.74, 6) is 0. The minimum atomic E-state index is -0.889. The molecule has 0 saturated carbocycles. The Morgan fingerprint density at radius 1 is 1.31 bits per heavy atom. The summed E-state index contributed by atoms with van der Waals surface area (Å²) in [6, 6.07) is 10.3. The second-order valence-electron chi connectivity index (χ2n) is 3.20. The minimum absolute atomic E-state index is 0.250. The summed E-state index contributed by atoms with van der Waals surface area (Å²) < 4.78 is 4.71. The van der Waals surface area contributed by atoms with Crippen LogP contribution < -0.4 is 5.32 Å². The molecule has 1 atom stereocenters. The summed E-state index contributed by atoms with van der Waals surface area (Å²) in [6.07, 6.45) is 0.250. The second kappa shape index (κ2) is 7.63. The smallest absolute Gasteiger partial charge is 0.313 e. The van der Waals surface area contributed by atoms with Gasteiger partial charge in [-0.2, -0.15) is 0 Å². The lowest BCUT2D eigenvalue weighted by Crippen LogP contribution is -2.33. The lowest BCUT2D eigenvalue weighted by atomic mass is 10.1. The Bertz CT molecular complexity index is 309. The van der Waals surface area contributed by atoms with Gasteiger partial charge in [-0.1, -0.05) is 30.3 Å². The Hall–Kier alpha value is -0.610. The van der Waals surface area contributed by atoms with Crippen LogP contribution in [0.25, 0.3) is 0 Å². The molecule has 3 nitrogen and oxygen atoms in total. The molecule has 1 aromatic carbocycles. The molecule has 1 heterocycles. The van der Waals surface area contributed by atoms with Crippen molar-refractivity contribution in [2.24, 2.45) is 0 Å². The number of morpholine rings is 1. The quantitative estimate of drug-likeness (QED) is 0.791. The lowest BCUT2D eigenvalue weighted by molar-refractivity contribution is 0.0277. The van der Waals surface area contributed by atoms with Gasteiger partial charge < -0.3 is 10.1 Å². The molecular weight excluding hydrogens is 249 g/mol. The Morgan fingerprint density at radius 3 is 2.44 bits per heavy atom. The van der Waals surface area contributed by atoms with Crippen molar-refractivity contribution in [3.63, 3.8) is 0 Å². The summed E-state index contributed by atoms with van der Waals surface area (Å²) in [5, 5.41) is 3.31. The van der Waals surface area contributed by atoms with Gasteiger partial charge in [0.1, 0.15) is 0 Å². The van der Waals surface area contributed by atoms with Crippen molar-refractivity contribution < 1.29 is 9.53 Å². The zero-order chi connectivity index (χ0) is 11.8. The summed E-state index contributed by atoms with van der Waals surface area (Å²) in [7, 11) is 0. The first kappa shape index (κ1) is 13.5. The molecule has 1 fully saturated rings. The van der Waals surface area contributed by atoms with E-state index in [0.717, 1.165) is 19.7 Å². The van der Waals surface area contributed by atoms with Gasteiger partial charge in [-0.25, -0.2) is 0 Å². The molecule has 1 aromatic rings. The highest BCUT2D eigenvalue weighted by atomic mass is 35.5. The van der Waals surface area contributed by atoms with Crippen molar-refractivity contribution in [3.8, 4) is 0 Å². The highest BCUT2D eigenvalue weighted by Gasteiger charge is 2.14. The van der Waals surface area contributed by atoms with Crippen LogP contribution in [0.1, 0.15) is 11.7 Å². The van der Waals surface area contributed by atoms with E-state index in [1.807, 2.05) is 18.2 Å². The molecule has 0 amide bonds. The molecule has 88 valence electrons. The van der Waals surface area contributed by atoms with E-state index in [1.54, 1.807) is 0 Å². The number of benzene rings is 1. The van der Waals surface area contributed by atoms with Crippen LogP contribution in [0.3, 0.4) is 0 Å². The highest BCUT2D eigenvalue weighted by molar-refractivity contribution is 6.93. The van der Waals surface area contributed by atoms with Gasteiger partial charge in [-0.05, 0) is 28.8 Å². The Labute approximate surface area is 105 Å². The van der Waals surface area contributed by atoms with Gasteiger partial charge in [-0.15, -0.1) is 0 Å². The van der Waals surface area contributed by atoms with Crippen LogP contribution in [-0.4, -0.2) is 24.4 Å². The van der Waals surface area contributed by atoms with E-state index >= 15 is 0 Å². The van der Waals surface area contributed by atoms with Gasteiger partial charge in [0.2, 0.25) is 0 Å². The van der Waals surface area contributed by atoms with Crippen LogP contribution in [-0.2, 0) is 4.74 Å². The molecule has 0 aromatic heterocycles. The van der Waals surface area contributed by atoms with E-state index in [1.165, 1.54) is 5.56 Å². The maximum absolute atomic E-state index is 8.98. The number of carbonyl (C=O) groups excluding carboxylic acids is 1. The Kier molecular flexibility index (Phi) is 6.42. The first-order valence-corrected chi connectivity index (χ1v) is 5.68. The van der Waals surface area contributed by atoms with E-state index in [2.05, 4.69) is 40.7 Å². The molecule has 16 heavy (non-hydrogen) atoms. The maximum Gasteiger partial charge on any atom is 0.313 e. The van der Waals surface area contributed by atoms with Crippen molar-refractivity contribution in [2.75, 3.05) is 19.7 Å². The number of hydrogen-bond acceptors (Lipinski definition) is 3. The molecule has 5 heteroatoms. The van der Waals surface area contributed by atoms with Crippen molar-refractivity contribution in [1.82, 2.24) is 5.32 Å². The molecule has 0 spiro atoms. The van der Waals surface area contributed by atoms with Crippen molar-refractivity contribution in [1.29, 1.82) is 0 Å². The van der Waals surface area contributed by atoms with Gasteiger partial charge in [0, 0.05) is 13.1 Å². The SMILES string of the molecule is O=C(Cl)Cl.c1ccc(C2CNCCO2)cc1. The van der Waals surface area contributed by atoms with Crippen LogP contribution in [0.4, 0.5) is 4.79 Å². The fourth-order valence-corrected chi connectivity index (χ4v) is 1.45. The number of nitrogens with one attached hydrogen (secondary N) is 1. The number of carbonyl (C=O) groups is 1. The maximum atomic E-state index is 8.98. The number of halogens is 2. The average molecular weight is 262 g/mol. The third kappa shape index (κ3) is 5.47. The molecule has 0 bridgehead atoms. The van der Waals surface area contributed by atoms with Crippen molar-refractivity contribution in [2.45, 2.75) is 6.10 Å². The standard InChI is InChI=1S/C10H13NO.CCl2O/c1-2-4-9(5-3-1)10-8-11-6-7-12-10;2-1(3)4/h1-5,10-11H,6-8H2;. The third-order valence-corrected chi connectivity index (χ3v) is 2.10. The monoisotopic (exact) mass is 261 g/mol. The fraction of sp³-hybridized carbons (Fsp3) is 0.364. The van der Waals surface area contributed by atoms with Gasteiger partial charge in [0.15, 0.2) is 0 Å². The largest absolute Gasteiger partial charge is 0.371 e. The lowest BCUT2D eigenvalue weighted by Gasteiger charge is -2.23. The second-order valence-corrected chi connectivity index (χ2v) is 4.08. The first-order valence-electron chi connectivity index (χ1n) is 4.92. The topological polar surface area (TPSA) is 38.3 Å². The predicted molar refractivity (Wildman–Crippen MR) is 65.1 cm³/mol. The zero-order valence-corrected chi connectivity index (χ0v) is 10.2. The molecule has 1 aliphatic heterocycles. The molecule has 1 aliphatic rings. The average Bonchev–Trinajstić information content (AvgIpc) is 2.31. The molecule has 1 saturated heterocycles. The summed E-state index contributed by atoms with van der Waals surface area (Å²) >= 11 is 8.80. The van der Waals surface area contributed by atoms with Crippen LogP contribution >= 0.6 is 23.2 Å². The van der Waals surface area contributed by atoms with E-state index < -0.39 is 4.70 Å². The molecule has 2 rings (SSSR count). The van der Waals surface area contributed by atoms with Crippen LogP contribution in [0.2, 0.25) is 0 Å². The molecule has 0 aliphatic carbocycles. The molecular formula is C11H13Cl2NO2. The van der Waals surface area contributed by atoms with Gasteiger partial charge in [-0.3, -0.25) is 4.79 Å². The first-order chi connectivity index (χ1) is 7.70. The van der Waals surface area contributed by atoms with Crippen LogP contribution in [0, 0.1) is 0 Å². The van der Waals surface area contributed by atoms with Gasteiger partial charge in [0.05, 0.1) is 12.7 Å². The Morgan fingerprint density at radius 2 is 1.94 bits per heavy atom. The number of hydrogen-bond donors (Lipinski definition) is 1. The molecule has 1 unspecified atom stereocenters. The van der Waals surface area contributed by atoms with Gasteiger partial charge in [0.25, 0.3) is 0 Å². The normalized spacial score (nSPS) is 19.5. The fourth-order valence-electron chi connectivity index (χ4n) is 1.45. The summed E-state index contributed by atoms with van der Waals surface area (Å²) in [5.41, 5.74) is 1.27. The van der Waals surface area contributed by atoms with Crippen LogP contribution in [0.15, 0.2) is 30.3 Å². The Balaban J connectivity index is 0.000000280. The van der Waals surface area contributed by atoms with Crippen molar-refractivity contribution >= 4 is 27.9 Å². The van der Waals surface area contributed by atoms with E-state index in [-0.39, 0.29) is 6.10 Å². The molecule has 0 radical (unpaired) electrons. The predicted octanol–water partition coefficient (Wildman–Crippen LogP) is 2.93. The van der Waals surface area contributed by atoms with Crippen molar-refractivity contribution in [3.05, 3.63) is 35.9 Å². The van der Waals surface area contributed by atoms with E-state index in [4.69, 9.17) is 9.53 Å². The van der Waals surface area contributed by atoms with E-state index in [9.17, 15) is 0 Å².